The Labute approximate surface area is 124 Å². The molecule has 0 atom stereocenters. The first-order valence-corrected chi connectivity index (χ1v) is 8.95. The molecule has 0 aromatic carbocycles. The molecule has 0 amide bonds. The Morgan fingerprint density at radius 3 is 1.55 bits per heavy atom. The quantitative estimate of drug-likeness (QED) is 0.734. The van der Waals surface area contributed by atoms with Crippen molar-refractivity contribution < 1.29 is 9.47 Å². The Balaban J connectivity index is 1.42. The predicted molar refractivity (Wildman–Crippen MR) is 81.4 cm³/mol. The SMILES string of the molecule is CC1CCC(C2CCC(C3OCC(C)CO3)CC2)CC1. The van der Waals surface area contributed by atoms with Crippen LogP contribution in [0.15, 0.2) is 0 Å². The van der Waals surface area contributed by atoms with Crippen LogP contribution in [0.2, 0.25) is 0 Å². The number of hydrogen-bond donors (Lipinski definition) is 0. The maximum Gasteiger partial charge on any atom is 0.160 e. The first kappa shape index (κ1) is 14.8. The van der Waals surface area contributed by atoms with Gasteiger partial charge in [-0.15, -0.1) is 0 Å². The highest BCUT2D eigenvalue weighted by Crippen LogP contribution is 2.42. The first-order valence-electron chi connectivity index (χ1n) is 8.95. The van der Waals surface area contributed by atoms with Crippen molar-refractivity contribution in [3.05, 3.63) is 0 Å². The molecule has 116 valence electrons. The molecule has 1 saturated heterocycles. The average Bonchev–Trinajstić information content (AvgIpc) is 2.49. The maximum absolute atomic E-state index is 5.90. The van der Waals surface area contributed by atoms with E-state index in [0.717, 1.165) is 31.0 Å². The molecule has 0 aromatic heterocycles. The fraction of sp³-hybridized carbons (Fsp3) is 1.00. The predicted octanol–water partition coefficient (Wildman–Crippen LogP) is 4.63. The summed E-state index contributed by atoms with van der Waals surface area (Å²) in [6, 6.07) is 0. The maximum atomic E-state index is 5.90. The van der Waals surface area contributed by atoms with Crippen LogP contribution in [-0.4, -0.2) is 19.5 Å². The van der Waals surface area contributed by atoms with Crippen molar-refractivity contribution in [2.75, 3.05) is 13.2 Å². The molecule has 0 spiro atoms. The Bertz CT molecular complexity index is 250. The Morgan fingerprint density at radius 2 is 1.00 bits per heavy atom. The van der Waals surface area contributed by atoms with Crippen molar-refractivity contribution in [3.8, 4) is 0 Å². The van der Waals surface area contributed by atoms with Gasteiger partial charge in [-0.25, -0.2) is 0 Å². The minimum Gasteiger partial charge on any atom is -0.352 e. The Hall–Kier alpha value is -0.0800. The van der Waals surface area contributed by atoms with Crippen LogP contribution >= 0.6 is 0 Å². The molecule has 2 nitrogen and oxygen atoms in total. The molecule has 1 heterocycles. The molecule has 0 aromatic rings. The highest BCUT2D eigenvalue weighted by Gasteiger charge is 2.34. The van der Waals surface area contributed by atoms with Gasteiger partial charge in [0.2, 0.25) is 0 Å². The third-order valence-electron chi connectivity index (χ3n) is 6.02. The van der Waals surface area contributed by atoms with Crippen molar-refractivity contribution in [1.82, 2.24) is 0 Å². The van der Waals surface area contributed by atoms with Crippen LogP contribution in [0.3, 0.4) is 0 Å². The summed E-state index contributed by atoms with van der Waals surface area (Å²) in [6.07, 6.45) is 11.5. The molecule has 3 aliphatic rings. The van der Waals surface area contributed by atoms with Gasteiger partial charge >= 0.3 is 0 Å². The average molecular weight is 280 g/mol. The molecule has 3 rings (SSSR count). The van der Waals surface area contributed by atoms with Crippen molar-refractivity contribution in [1.29, 1.82) is 0 Å². The molecule has 3 fully saturated rings. The van der Waals surface area contributed by atoms with Crippen molar-refractivity contribution >= 4 is 0 Å². The van der Waals surface area contributed by atoms with Gasteiger partial charge in [0.1, 0.15) is 0 Å². The highest BCUT2D eigenvalue weighted by molar-refractivity contribution is 4.82. The van der Waals surface area contributed by atoms with E-state index < -0.39 is 0 Å². The smallest absolute Gasteiger partial charge is 0.160 e. The van der Waals surface area contributed by atoms with Crippen molar-refractivity contribution in [2.24, 2.45) is 29.6 Å². The van der Waals surface area contributed by atoms with Crippen LogP contribution in [0, 0.1) is 29.6 Å². The lowest BCUT2D eigenvalue weighted by Crippen LogP contribution is -2.38. The van der Waals surface area contributed by atoms with Gasteiger partial charge in [-0.1, -0.05) is 26.7 Å². The molecule has 0 radical (unpaired) electrons. The molecule has 2 saturated carbocycles. The molecule has 20 heavy (non-hydrogen) atoms. The van der Waals surface area contributed by atoms with Gasteiger partial charge < -0.3 is 9.47 Å². The lowest BCUT2D eigenvalue weighted by molar-refractivity contribution is -0.227. The minimum atomic E-state index is 0.110. The third kappa shape index (κ3) is 3.57. The molecule has 2 heteroatoms. The van der Waals surface area contributed by atoms with Crippen molar-refractivity contribution in [2.45, 2.75) is 71.5 Å². The van der Waals surface area contributed by atoms with Crippen LogP contribution in [0.5, 0.6) is 0 Å². The lowest BCUT2D eigenvalue weighted by Gasteiger charge is -2.40. The molecule has 2 aliphatic carbocycles. The second kappa shape index (κ2) is 6.79. The summed E-state index contributed by atoms with van der Waals surface area (Å²) >= 11 is 0. The monoisotopic (exact) mass is 280 g/mol. The van der Waals surface area contributed by atoms with Gasteiger partial charge in [0.25, 0.3) is 0 Å². The summed E-state index contributed by atoms with van der Waals surface area (Å²) < 4.78 is 11.8. The fourth-order valence-electron chi connectivity index (χ4n) is 4.53. The number of hydrogen-bond acceptors (Lipinski definition) is 2. The van der Waals surface area contributed by atoms with E-state index in [-0.39, 0.29) is 6.29 Å². The first-order chi connectivity index (χ1) is 9.72. The third-order valence-corrected chi connectivity index (χ3v) is 6.02. The molecule has 0 unspecified atom stereocenters. The van der Waals surface area contributed by atoms with E-state index >= 15 is 0 Å². The minimum absolute atomic E-state index is 0.110. The molecular weight excluding hydrogens is 248 g/mol. The van der Waals surface area contributed by atoms with Gasteiger partial charge in [-0.05, 0) is 56.3 Å². The fourth-order valence-corrected chi connectivity index (χ4v) is 4.53. The topological polar surface area (TPSA) is 18.5 Å². The Kier molecular flexibility index (Phi) is 5.04. The summed E-state index contributed by atoms with van der Waals surface area (Å²) in [4.78, 5) is 0. The van der Waals surface area contributed by atoms with E-state index in [1.165, 1.54) is 51.4 Å². The van der Waals surface area contributed by atoms with E-state index in [9.17, 15) is 0 Å². The molecular formula is C18H32O2. The van der Waals surface area contributed by atoms with Crippen LogP contribution in [0.4, 0.5) is 0 Å². The molecule has 0 bridgehead atoms. The summed E-state index contributed by atoms with van der Waals surface area (Å²) in [6.45, 7) is 6.42. The van der Waals surface area contributed by atoms with Crippen LogP contribution in [-0.2, 0) is 9.47 Å². The number of rotatable bonds is 2. The zero-order chi connectivity index (χ0) is 13.9. The zero-order valence-corrected chi connectivity index (χ0v) is 13.4. The van der Waals surface area contributed by atoms with E-state index in [0.29, 0.717) is 11.8 Å². The van der Waals surface area contributed by atoms with Gasteiger partial charge in [-0.3, -0.25) is 0 Å². The van der Waals surface area contributed by atoms with Crippen LogP contribution in [0.1, 0.15) is 65.2 Å². The largest absolute Gasteiger partial charge is 0.352 e. The van der Waals surface area contributed by atoms with Gasteiger partial charge in [0.15, 0.2) is 6.29 Å². The normalized spacial score (nSPS) is 47.1. The van der Waals surface area contributed by atoms with Crippen molar-refractivity contribution in [3.63, 3.8) is 0 Å². The van der Waals surface area contributed by atoms with Gasteiger partial charge in [0, 0.05) is 11.8 Å². The lowest BCUT2D eigenvalue weighted by atomic mass is 9.69. The summed E-state index contributed by atoms with van der Waals surface area (Å²) in [5, 5.41) is 0. The zero-order valence-electron chi connectivity index (χ0n) is 13.4. The second-order valence-electron chi connectivity index (χ2n) is 7.84. The summed E-state index contributed by atoms with van der Waals surface area (Å²) in [7, 11) is 0. The number of ether oxygens (including phenoxy) is 2. The molecule has 1 aliphatic heterocycles. The van der Waals surface area contributed by atoms with Gasteiger partial charge in [0.05, 0.1) is 13.2 Å². The van der Waals surface area contributed by atoms with E-state index in [4.69, 9.17) is 9.47 Å². The molecule has 0 N–H and O–H groups in total. The van der Waals surface area contributed by atoms with Crippen LogP contribution in [0.25, 0.3) is 0 Å². The van der Waals surface area contributed by atoms with E-state index in [1.807, 2.05) is 0 Å². The van der Waals surface area contributed by atoms with Crippen LogP contribution < -0.4 is 0 Å². The van der Waals surface area contributed by atoms with E-state index in [1.54, 1.807) is 0 Å². The highest BCUT2D eigenvalue weighted by atomic mass is 16.7. The van der Waals surface area contributed by atoms with E-state index in [2.05, 4.69) is 13.8 Å². The Morgan fingerprint density at radius 1 is 0.550 bits per heavy atom. The summed E-state index contributed by atoms with van der Waals surface area (Å²) in [5.41, 5.74) is 0. The summed E-state index contributed by atoms with van der Waals surface area (Å²) in [5.74, 6) is 4.25. The second-order valence-corrected chi connectivity index (χ2v) is 7.84. The standard InChI is InChI=1S/C18H32O2/c1-13-3-5-15(6-4-13)16-7-9-17(10-8-16)18-19-11-14(2)12-20-18/h13-18H,3-12H2,1-2H3. The van der Waals surface area contributed by atoms with Gasteiger partial charge in [-0.2, -0.15) is 0 Å².